The molecule has 1 amide bonds. The number of aliphatic carboxylic acids is 1. The molecule has 0 fully saturated rings. The van der Waals surface area contributed by atoms with Crippen LogP contribution in [0, 0.1) is 17.2 Å². The van der Waals surface area contributed by atoms with E-state index in [2.05, 4.69) is 0 Å². The van der Waals surface area contributed by atoms with Crippen LogP contribution in [0.5, 0.6) is 0 Å². The molecule has 0 heterocycles. The zero-order valence-electron chi connectivity index (χ0n) is 11.5. The van der Waals surface area contributed by atoms with Gasteiger partial charge in [0.15, 0.2) is 0 Å². The number of hydrogen-bond acceptors (Lipinski definition) is 2. The summed E-state index contributed by atoms with van der Waals surface area (Å²) in [6.45, 7) is 5.05. The first-order valence-electron chi connectivity index (χ1n) is 5.90. The van der Waals surface area contributed by atoms with Gasteiger partial charge in [-0.05, 0) is 23.6 Å². The number of halogens is 1. The van der Waals surface area contributed by atoms with Crippen LogP contribution in [-0.4, -0.2) is 24.0 Å². The molecule has 0 aromatic heterocycles. The predicted molar refractivity (Wildman–Crippen MR) is 70.4 cm³/mol. The molecule has 0 aliphatic heterocycles. The minimum absolute atomic E-state index is 0.334. The molecule has 1 unspecified atom stereocenters. The second-order valence-corrected chi connectivity index (χ2v) is 5.51. The fourth-order valence-electron chi connectivity index (χ4n) is 1.85. The SMILES string of the molecule is CN(C(=O)C(C(=O)O)C(C)(C)C)c1cccc(F)c1. The Balaban J connectivity index is 3.07. The molecule has 0 aliphatic carbocycles. The number of nitrogens with zero attached hydrogens (tertiary/aromatic N) is 1. The second kappa shape index (κ2) is 5.38. The van der Waals surface area contributed by atoms with Crippen molar-refractivity contribution in [2.24, 2.45) is 11.3 Å². The third-order valence-electron chi connectivity index (χ3n) is 2.89. The highest BCUT2D eigenvalue weighted by Crippen LogP contribution is 2.29. The van der Waals surface area contributed by atoms with Crippen LogP contribution in [0.15, 0.2) is 24.3 Å². The molecule has 5 heteroatoms. The van der Waals surface area contributed by atoms with Gasteiger partial charge in [0.25, 0.3) is 0 Å². The molecule has 1 aromatic carbocycles. The number of carbonyl (C=O) groups excluding carboxylic acids is 1. The zero-order chi connectivity index (χ0) is 14.8. The molecular formula is C14H18FNO3. The smallest absolute Gasteiger partial charge is 0.316 e. The lowest BCUT2D eigenvalue weighted by Gasteiger charge is -2.29. The first kappa shape index (κ1) is 15.1. The van der Waals surface area contributed by atoms with Crippen molar-refractivity contribution < 1.29 is 19.1 Å². The molecular weight excluding hydrogens is 249 g/mol. The summed E-state index contributed by atoms with van der Waals surface area (Å²) in [5.41, 5.74) is -0.384. The predicted octanol–water partition coefficient (Wildman–Crippen LogP) is 2.54. The van der Waals surface area contributed by atoms with Crippen LogP contribution in [0.25, 0.3) is 0 Å². The minimum atomic E-state index is -1.18. The van der Waals surface area contributed by atoms with E-state index in [1.807, 2.05) is 0 Å². The quantitative estimate of drug-likeness (QED) is 0.856. The van der Waals surface area contributed by atoms with E-state index in [4.69, 9.17) is 0 Å². The number of benzene rings is 1. The van der Waals surface area contributed by atoms with Gasteiger partial charge in [0.05, 0.1) is 0 Å². The number of hydrogen-bond donors (Lipinski definition) is 1. The van der Waals surface area contributed by atoms with Crippen LogP contribution >= 0.6 is 0 Å². The Morgan fingerprint density at radius 1 is 1.32 bits per heavy atom. The average molecular weight is 267 g/mol. The molecule has 0 bridgehead atoms. The van der Waals surface area contributed by atoms with E-state index in [0.29, 0.717) is 5.69 Å². The molecule has 0 radical (unpaired) electrons. The topological polar surface area (TPSA) is 57.6 Å². The van der Waals surface area contributed by atoms with Gasteiger partial charge < -0.3 is 10.0 Å². The maximum Gasteiger partial charge on any atom is 0.316 e. The van der Waals surface area contributed by atoms with Gasteiger partial charge >= 0.3 is 5.97 Å². The van der Waals surface area contributed by atoms with Gasteiger partial charge in [-0.15, -0.1) is 0 Å². The molecule has 1 atom stereocenters. The van der Waals surface area contributed by atoms with Crippen molar-refractivity contribution in [1.82, 2.24) is 0 Å². The largest absolute Gasteiger partial charge is 0.481 e. The third-order valence-corrected chi connectivity index (χ3v) is 2.89. The molecule has 0 spiro atoms. The Kier molecular flexibility index (Phi) is 4.29. The van der Waals surface area contributed by atoms with Crippen LogP contribution < -0.4 is 4.90 Å². The van der Waals surface area contributed by atoms with E-state index >= 15 is 0 Å². The molecule has 104 valence electrons. The standard InChI is InChI=1S/C14H18FNO3/c1-14(2,3)11(13(18)19)12(17)16(4)10-7-5-6-9(15)8-10/h5-8,11H,1-4H3,(H,18,19). The second-order valence-electron chi connectivity index (χ2n) is 5.51. The Morgan fingerprint density at radius 3 is 2.32 bits per heavy atom. The fourth-order valence-corrected chi connectivity index (χ4v) is 1.85. The van der Waals surface area contributed by atoms with Crippen molar-refractivity contribution >= 4 is 17.6 Å². The summed E-state index contributed by atoms with van der Waals surface area (Å²) in [7, 11) is 1.44. The molecule has 0 saturated carbocycles. The van der Waals surface area contributed by atoms with Crippen LogP contribution in [0.4, 0.5) is 10.1 Å². The minimum Gasteiger partial charge on any atom is -0.481 e. The maximum atomic E-state index is 13.1. The van der Waals surface area contributed by atoms with Crippen molar-refractivity contribution in [1.29, 1.82) is 0 Å². The summed E-state index contributed by atoms with van der Waals surface area (Å²) in [5.74, 6) is -3.40. The van der Waals surface area contributed by atoms with Crippen molar-refractivity contribution in [3.63, 3.8) is 0 Å². The van der Waals surface area contributed by atoms with Crippen LogP contribution in [0.2, 0.25) is 0 Å². The van der Waals surface area contributed by atoms with Crippen LogP contribution in [0.1, 0.15) is 20.8 Å². The number of carboxylic acid groups (broad SMARTS) is 1. The summed E-state index contributed by atoms with van der Waals surface area (Å²) in [6, 6.07) is 5.49. The van der Waals surface area contributed by atoms with Gasteiger partial charge in [0.1, 0.15) is 11.7 Å². The van der Waals surface area contributed by atoms with E-state index in [1.165, 1.54) is 30.1 Å². The van der Waals surface area contributed by atoms with E-state index in [1.54, 1.807) is 26.8 Å². The summed E-state index contributed by atoms with van der Waals surface area (Å²) in [6.07, 6.45) is 0. The Labute approximate surface area is 111 Å². The molecule has 4 nitrogen and oxygen atoms in total. The van der Waals surface area contributed by atoms with Gasteiger partial charge in [-0.1, -0.05) is 26.8 Å². The molecule has 19 heavy (non-hydrogen) atoms. The number of carboxylic acids is 1. The Bertz CT molecular complexity index is 494. The third kappa shape index (κ3) is 3.53. The average Bonchev–Trinajstić information content (AvgIpc) is 2.25. The van der Waals surface area contributed by atoms with E-state index in [9.17, 15) is 19.1 Å². The van der Waals surface area contributed by atoms with Crippen molar-refractivity contribution in [3.05, 3.63) is 30.1 Å². The van der Waals surface area contributed by atoms with Gasteiger partial charge in [-0.25, -0.2) is 4.39 Å². The van der Waals surface area contributed by atoms with Gasteiger partial charge in [-0.2, -0.15) is 0 Å². The maximum absolute atomic E-state index is 13.1. The van der Waals surface area contributed by atoms with Gasteiger partial charge in [-0.3, -0.25) is 9.59 Å². The van der Waals surface area contributed by atoms with Crippen LogP contribution in [0.3, 0.4) is 0 Å². The van der Waals surface area contributed by atoms with E-state index in [0.717, 1.165) is 0 Å². The van der Waals surface area contributed by atoms with Crippen molar-refractivity contribution in [3.8, 4) is 0 Å². The zero-order valence-corrected chi connectivity index (χ0v) is 11.5. The molecule has 0 aliphatic rings. The number of rotatable bonds is 3. The lowest BCUT2D eigenvalue weighted by atomic mass is 9.80. The summed E-state index contributed by atoms with van der Waals surface area (Å²) in [5, 5.41) is 9.21. The monoisotopic (exact) mass is 267 g/mol. The number of anilines is 1. The molecule has 1 rings (SSSR count). The van der Waals surface area contributed by atoms with Gasteiger partial charge in [0.2, 0.25) is 5.91 Å². The molecule has 1 N–H and O–H groups in total. The van der Waals surface area contributed by atoms with E-state index < -0.39 is 29.0 Å². The first-order valence-corrected chi connectivity index (χ1v) is 5.90. The first-order chi connectivity index (χ1) is 8.64. The van der Waals surface area contributed by atoms with Crippen molar-refractivity contribution in [2.45, 2.75) is 20.8 Å². The highest BCUT2D eigenvalue weighted by Gasteiger charge is 2.39. The summed E-state index contributed by atoms with van der Waals surface area (Å²) < 4.78 is 13.1. The summed E-state index contributed by atoms with van der Waals surface area (Å²) in [4.78, 5) is 24.7. The van der Waals surface area contributed by atoms with Crippen LogP contribution in [-0.2, 0) is 9.59 Å². The normalized spacial score (nSPS) is 12.9. The van der Waals surface area contributed by atoms with E-state index in [-0.39, 0.29) is 0 Å². The Hall–Kier alpha value is -1.91. The number of carbonyl (C=O) groups is 2. The number of amides is 1. The molecule has 0 saturated heterocycles. The van der Waals surface area contributed by atoms with Gasteiger partial charge in [0, 0.05) is 12.7 Å². The highest BCUT2D eigenvalue weighted by atomic mass is 19.1. The lowest BCUT2D eigenvalue weighted by molar-refractivity contribution is -0.150. The lowest BCUT2D eigenvalue weighted by Crippen LogP contribution is -2.43. The fraction of sp³-hybridized carbons (Fsp3) is 0.429. The highest BCUT2D eigenvalue weighted by molar-refractivity contribution is 6.06. The Morgan fingerprint density at radius 2 is 1.89 bits per heavy atom. The summed E-state index contributed by atoms with van der Waals surface area (Å²) >= 11 is 0. The molecule has 1 aromatic rings. The van der Waals surface area contributed by atoms with Crippen molar-refractivity contribution in [2.75, 3.05) is 11.9 Å².